The maximum Gasteiger partial charge on any atom is 0.0319 e. The maximum atomic E-state index is 3.80. The highest BCUT2D eigenvalue weighted by Gasteiger charge is 2.51. The van der Waals surface area contributed by atoms with Gasteiger partial charge in [-0.3, -0.25) is 0 Å². The molecule has 5 rings (SSSR count). The first-order valence-corrected chi connectivity index (χ1v) is 13.3. The van der Waals surface area contributed by atoms with Gasteiger partial charge in [-0.1, -0.05) is 76.3 Å². The van der Waals surface area contributed by atoms with Crippen molar-refractivity contribution >= 4 is 0 Å². The quantitative estimate of drug-likeness (QED) is 0.398. The third-order valence-corrected chi connectivity index (χ3v) is 9.23. The Hall–Kier alpha value is -1.22. The Balaban J connectivity index is 1.31. The minimum Gasteiger partial charge on any atom is -0.0911 e. The van der Waals surface area contributed by atoms with E-state index < -0.39 is 0 Å². The highest BCUT2D eigenvalue weighted by atomic mass is 14.6. The first kappa shape index (κ1) is 22.0. The molecule has 0 aliphatic heterocycles. The van der Waals surface area contributed by atoms with Gasteiger partial charge in [0.15, 0.2) is 0 Å². The number of rotatable bonds is 7. The third-order valence-electron chi connectivity index (χ3n) is 9.23. The van der Waals surface area contributed by atoms with E-state index in [4.69, 9.17) is 0 Å². The molecule has 4 aliphatic carbocycles. The largest absolute Gasteiger partial charge is 0.0911 e. The standard InChI is InChI=1S/C30H44/c1-3-5-7-25-9-11-27(12-10-25)17-18-29-19-22-30(23-20-29,24-21-29)28-15-13-26(14-16-28)8-6-4-2/h9-12,26,28H,3-8,13-16,19-24H2,1-2H3/t26-,28-,29?,30?. The van der Waals surface area contributed by atoms with Crippen LogP contribution in [0.15, 0.2) is 24.3 Å². The molecule has 0 unspecified atom stereocenters. The van der Waals surface area contributed by atoms with E-state index in [1.165, 1.54) is 114 Å². The summed E-state index contributed by atoms with van der Waals surface area (Å²) >= 11 is 0. The Morgan fingerprint density at radius 3 is 2.03 bits per heavy atom. The van der Waals surface area contributed by atoms with Crippen LogP contribution >= 0.6 is 0 Å². The zero-order valence-electron chi connectivity index (χ0n) is 19.8. The highest BCUT2D eigenvalue weighted by Crippen LogP contribution is 2.62. The second-order valence-corrected chi connectivity index (χ2v) is 11.1. The van der Waals surface area contributed by atoms with Crippen molar-refractivity contribution in [2.24, 2.45) is 22.7 Å². The lowest BCUT2D eigenvalue weighted by molar-refractivity contribution is -0.0379. The first-order chi connectivity index (χ1) is 14.7. The Labute approximate surface area is 186 Å². The predicted octanol–water partition coefficient (Wildman–Crippen LogP) is 8.72. The minimum atomic E-state index is 0.334. The molecule has 0 atom stereocenters. The number of hydrogen-bond donors (Lipinski definition) is 0. The van der Waals surface area contributed by atoms with E-state index in [1.54, 1.807) is 0 Å². The zero-order valence-corrected chi connectivity index (χ0v) is 19.8. The SMILES string of the molecule is CCCCc1ccc(C#CC23CCC([C@H]4CC[C@H](CCCC)CC4)(CC2)CC3)cc1. The van der Waals surface area contributed by atoms with Gasteiger partial charge in [-0.05, 0) is 99.2 Å². The minimum absolute atomic E-state index is 0.334. The smallest absolute Gasteiger partial charge is 0.0319 e. The fraction of sp³-hybridized carbons (Fsp3) is 0.733. The summed E-state index contributed by atoms with van der Waals surface area (Å²) < 4.78 is 0. The summed E-state index contributed by atoms with van der Waals surface area (Å²) in [7, 11) is 0. The molecule has 0 saturated heterocycles. The number of aryl methyl sites for hydroxylation is 1. The lowest BCUT2D eigenvalue weighted by Gasteiger charge is -2.56. The van der Waals surface area contributed by atoms with E-state index in [0.29, 0.717) is 10.8 Å². The van der Waals surface area contributed by atoms with Crippen molar-refractivity contribution in [1.82, 2.24) is 0 Å². The highest BCUT2D eigenvalue weighted by molar-refractivity contribution is 5.38. The summed E-state index contributed by atoms with van der Waals surface area (Å²) in [6, 6.07) is 9.09. The van der Waals surface area contributed by atoms with E-state index in [0.717, 1.165) is 11.8 Å². The summed E-state index contributed by atoms with van der Waals surface area (Å²) in [5.74, 6) is 9.45. The van der Waals surface area contributed by atoms with Crippen molar-refractivity contribution in [3.8, 4) is 11.8 Å². The average molecular weight is 405 g/mol. The molecule has 2 bridgehead atoms. The number of hydrogen-bond acceptors (Lipinski definition) is 0. The van der Waals surface area contributed by atoms with Gasteiger partial charge < -0.3 is 0 Å². The second-order valence-electron chi connectivity index (χ2n) is 11.1. The van der Waals surface area contributed by atoms with E-state index in [9.17, 15) is 0 Å². The summed E-state index contributed by atoms with van der Waals surface area (Å²) in [4.78, 5) is 0. The van der Waals surface area contributed by atoms with Crippen molar-refractivity contribution in [3.05, 3.63) is 35.4 Å². The molecule has 0 amide bonds. The molecule has 0 nitrogen and oxygen atoms in total. The molecule has 1 aromatic carbocycles. The second kappa shape index (κ2) is 9.94. The molecule has 0 radical (unpaired) electrons. The topological polar surface area (TPSA) is 0 Å². The fourth-order valence-corrected chi connectivity index (χ4v) is 6.91. The Bertz CT molecular complexity index is 695. The Morgan fingerprint density at radius 1 is 0.800 bits per heavy atom. The summed E-state index contributed by atoms with van der Waals surface area (Å²) in [5, 5.41) is 0. The molecule has 164 valence electrons. The average Bonchev–Trinajstić information content (AvgIpc) is 2.82. The van der Waals surface area contributed by atoms with Gasteiger partial charge in [0.1, 0.15) is 0 Å². The van der Waals surface area contributed by atoms with Crippen LogP contribution in [0, 0.1) is 34.5 Å². The molecule has 30 heavy (non-hydrogen) atoms. The molecule has 4 aliphatic rings. The van der Waals surface area contributed by atoms with Crippen LogP contribution in [0.4, 0.5) is 0 Å². The summed E-state index contributed by atoms with van der Waals surface area (Å²) in [6.07, 6.45) is 22.6. The normalized spacial score (nSPS) is 33.1. The van der Waals surface area contributed by atoms with Crippen LogP contribution in [-0.2, 0) is 6.42 Å². The van der Waals surface area contributed by atoms with Crippen molar-refractivity contribution < 1.29 is 0 Å². The van der Waals surface area contributed by atoms with Crippen molar-refractivity contribution in [3.63, 3.8) is 0 Å². The number of fused-ring (bicyclic) bond motifs is 3. The van der Waals surface area contributed by atoms with Crippen LogP contribution in [-0.4, -0.2) is 0 Å². The lowest BCUT2D eigenvalue weighted by Crippen LogP contribution is -2.45. The molecule has 0 aromatic heterocycles. The van der Waals surface area contributed by atoms with Crippen LogP contribution in [0.5, 0.6) is 0 Å². The van der Waals surface area contributed by atoms with Gasteiger partial charge in [0.25, 0.3) is 0 Å². The Kier molecular flexibility index (Phi) is 7.28. The van der Waals surface area contributed by atoms with Crippen LogP contribution < -0.4 is 0 Å². The van der Waals surface area contributed by atoms with Crippen molar-refractivity contribution in [1.29, 1.82) is 0 Å². The number of unbranched alkanes of at least 4 members (excludes halogenated alkanes) is 2. The zero-order chi connectivity index (χ0) is 20.9. The molecule has 4 fully saturated rings. The third kappa shape index (κ3) is 4.98. The van der Waals surface area contributed by atoms with Gasteiger partial charge in [0, 0.05) is 11.0 Å². The maximum absolute atomic E-state index is 3.80. The van der Waals surface area contributed by atoms with E-state index in [1.807, 2.05) is 0 Å². The van der Waals surface area contributed by atoms with Crippen molar-refractivity contribution in [2.45, 2.75) is 117 Å². The van der Waals surface area contributed by atoms with Gasteiger partial charge in [-0.15, -0.1) is 0 Å². The van der Waals surface area contributed by atoms with E-state index in [-0.39, 0.29) is 0 Å². The van der Waals surface area contributed by atoms with E-state index in [2.05, 4.69) is 50.0 Å². The van der Waals surface area contributed by atoms with Crippen LogP contribution in [0.2, 0.25) is 0 Å². The van der Waals surface area contributed by atoms with Gasteiger partial charge >= 0.3 is 0 Å². The molecule has 0 N–H and O–H groups in total. The summed E-state index contributed by atoms with van der Waals surface area (Å²) in [6.45, 7) is 4.60. The monoisotopic (exact) mass is 404 g/mol. The lowest BCUT2D eigenvalue weighted by atomic mass is 9.48. The Morgan fingerprint density at radius 2 is 1.43 bits per heavy atom. The predicted molar refractivity (Wildman–Crippen MR) is 129 cm³/mol. The molecule has 1 aromatic rings. The molecule has 4 saturated carbocycles. The first-order valence-electron chi connectivity index (χ1n) is 13.3. The molecule has 0 heteroatoms. The van der Waals surface area contributed by atoms with Crippen molar-refractivity contribution in [2.75, 3.05) is 0 Å². The van der Waals surface area contributed by atoms with Gasteiger partial charge in [-0.25, -0.2) is 0 Å². The molecule has 0 heterocycles. The molecular weight excluding hydrogens is 360 g/mol. The number of benzene rings is 1. The van der Waals surface area contributed by atoms with Crippen LogP contribution in [0.3, 0.4) is 0 Å². The fourth-order valence-electron chi connectivity index (χ4n) is 6.91. The van der Waals surface area contributed by atoms with Crippen LogP contribution in [0.25, 0.3) is 0 Å². The van der Waals surface area contributed by atoms with Gasteiger partial charge in [-0.2, -0.15) is 0 Å². The molecule has 0 spiro atoms. The molecular formula is C30H44. The van der Waals surface area contributed by atoms with Crippen LogP contribution in [0.1, 0.15) is 121 Å². The van der Waals surface area contributed by atoms with Gasteiger partial charge in [0.05, 0.1) is 0 Å². The van der Waals surface area contributed by atoms with Gasteiger partial charge in [0.2, 0.25) is 0 Å². The van der Waals surface area contributed by atoms with E-state index >= 15 is 0 Å². The summed E-state index contributed by atoms with van der Waals surface area (Å²) in [5.41, 5.74) is 3.71.